The molecule has 3 aromatic heterocycles. The number of aliphatic hydroxyl groups excluding tert-OH is 1. The number of aryl methyl sites for hydroxylation is 1. The van der Waals surface area contributed by atoms with Crippen molar-refractivity contribution in [3.05, 3.63) is 45.7 Å². The molecular formula is C27H31F3IN7O. The van der Waals surface area contributed by atoms with Crippen molar-refractivity contribution in [3.63, 3.8) is 0 Å². The number of hydrogen-bond acceptors (Lipinski definition) is 6. The maximum atomic E-state index is 13.2. The summed E-state index contributed by atoms with van der Waals surface area (Å²) in [6.45, 7) is 0.936. The Balaban J connectivity index is 0.998. The van der Waals surface area contributed by atoms with Crippen LogP contribution in [0.25, 0.3) is 22.1 Å². The number of rotatable bonds is 7. The van der Waals surface area contributed by atoms with Crippen LogP contribution in [0.15, 0.2) is 30.7 Å². The van der Waals surface area contributed by atoms with E-state index in [-0.39, 0.29) is 9.61 Å². The van der Waals surface area contributed by atoms with Gasteiger partial charge in [0.05, 0.1) is 34.1 Å². The van der Waals surface area contributed by atoms with Crippen LogP contribution in [-0.4, -0.2) is 60.2 Å². The number of aromatic amines is 1. The Morgan fingerprint density at radius 2 is 1.97 bits per heavy atom. The number of H-pyrrole nitrogens is 1. The molecule has 2 fully saturated rings. The molecule has 4 aromatic rings. The minimum atomic E-state index is -4.37. The van der Waals surface area contributed by atoms with Gasteiger partial charge in [0.1, 0.15) is 23.6 Å². The van der Waals surface area contributed by atoms with Crippen LogP contribution in [0, 0.1) is 15.4 Å². The molecule has 8 nitrogen and oxygen atoms in total. The van der Waals surface area contributed by atoms with E-state index in [1.807, 2.05) is 16.8 Å². The third-order valence-corrected chi connectivity index (χ3v) is 9.48. The SMILES string of the molecule is CN(C[C@@H]1C[C@@H](O)[C@H](n2ccc3c(N)ncnc32)C1)[C@H]1C[C@H](CCc2nc3cc(I)c(C(F)(F)F)cc3[nH]2)C1. The molecule has 39 heavy (non-hydrogen) atoms. The number of fused-ring (bicyclic) bond motifs is 2. The zero-order chi connectivity index (χ0) is 27.5. The van der Waals surface area contributed by atoms with Crippen molar-refractivity contribution < 1.29 is 18.3 Å². The number of imidazole rings is 1. The van der Waals surface area contributed by atoms with E-state index in [1.54, 1.807) is 22.6 Å². The Bertz CT molecular complexity index is 1500. The number of hydrogen-bond donors (Lipinski definition) is 3. The first kappa shape index (κ1) is 26.8. The van der Waals surface area contributed by atoms with Crippen molar-refractivity contribution in [1.82, 2.24) is 29.4 Å². The Morgan fingerprint density at radius 3 is 2.74 bits per heavy atom. The smallest absolute Gasteiger partial charge is 0.391 e. The molecule has 1 aromatic carbocycles. The molecule has 2 aliphatic rings. The second-order valence-corrected chi connectivity index (χ2v) is 12.4. The van der Waals surface area contributed by atoms with E-state index >= 15 is 0 Å². The zero-order valence-electron chi connectivity index (χ0n) is 21.5. The van der Waals surface area contributed by atoms with Gasteiger partial charge in [-0.05, 0) is 91.8 Å². The summed E-state index contributed by atoms with van der Waals surface area (Å²) in [6, 6.07) is 5.06. The van der Waals surface area contributed by atoms with Crippen LogP contribution in [0.1, 0.15) is 49.5 Å². The summed E-state index contributed by atoms with van der Waals surface area (Å²) in [5.41, 5.74) is 7.13. The van der Waals surface area contributed by atoms with Gasteiger partial charge in [0.2, 0.25) is 0 Å². The molecule has 2 aliphatic carbocycles. The first-order chi connectivity index (χ1) is 18.6. The maximum absolute atomic E-state index is 13.2. The van der Waals surface area contributed by atoms with Crippen molar-refractivity contribution in [2.75, 3.05) is 19.3 Å². The van der Waals surface area contributed by atoms with Crippen LogP contribution in [-0.2, 0) is 12.6 Å². The molecule has 0 saturated heterocycles. The normalized spacial score (nSPS) is 25.7. The van der Waals surface area contributed by atoms with Gasteiger partial charge in [-0.3, -0.25) is 0 Å². The number of nitrogens with one attached hydrogen (secondary N) is 1. The van der Waals surface area contributed by atoms with Crippen molar-refractivity contribution in [3.8, 4) is 0 Å². The van der Waals surface area contributed by atoms with Gasteiger partial charge < -0.3 is 25.3 Å². The van der Waals surface area contributed by atoms with E-state index in [1.165, 1.54) is 12.4 Å². The highest BCUT2D eigenvalue weighted by molar-refractivity contribution is 14.1. The summed E-state index contributed by atoms with van der Waals surface area (Å²) in [6.07, 6.45) is 4.14. The highest BCUT2D eigenvalue weighted by Crippen LogP contribution is 2.40. The van der Waals surface area contributed by atoms with Crippen LogP contribution in [0.2, 0.25) is 0 Å². The summed E-state index contributed by atoms with van der Waals surface area (Å²) >= 11 is 1.72. The molecule has 0 bridgehead atoms. The van der Waals surface area contributed by atoms with Crippen molar-refractivity contribution in [2.45, 2.75) is 62.9 Å². The standard InChI is InChI=1S/C27H31F3IN7O/c1-37(12-15-8-22(23(39)9-15)38-5-4-17-25(32)33-13-34-26(17)38)16-6-14(7-16)2-3-24-35-20-10-18(27(28,29)30)19(31)11-21(20)36-24/h4-5,10-11,13-16,22-23,39H,2-3,6-9,12H2,1H3,(H,35,36)(H2,32,33,34)/t14-,15-,16-,22+,23+/m0/s1. The van der Waals surface area contributed by atoms with E-state index in [4.69, 9.17) is 5.73 Å². The van der Waals surface area contributed by atoms with Gasteiger partial charge in [-0.25, -0.2) is 15.0 Å². The first-order valence-corrected chi connectivity index (χ1v) is 14.4. The molecule has 0 radical (unpaired) electrons. The van der Waals surface area contributed by atoms with Gasteiger partial charge in [-0.1, -0.05) is 0 Å². The van der Waals surface area contributed by atoms with Crippen molar-refractivity contribution in [1.29, 1.82) is 0 Å². The molecular weight excluding hydrogens is 622 g/mol. The molecule has 208 valence electrons. The maximum Gasteiger partial charge on any atom is 0.417 e. The van der Waals surface area contributed by atoms with Gasteiger partial charge >= 0.3 is 6.18 Å². The highest BCUT2D eigenvalue weighted by atomic mass is 127. The predicted octanol–water partition coefficient (Wildman–Crippen LogP) is 5.17. The fourth-order valence-corrected chi connectivity index (χ4v) is 7.17. The summed E-state index contributed by atoms with van der Waals surface area (Å²) < 4.78 is 41.9. The quantitative estimate of drug-likeness (QED) is 0.238. The molecule has 0 amide bonds. The third-order valence-electron chi connectivity index (χ3n) is 8.59. The second kappa shape index (κ2) is 10.2. The van der Waals surface area contributed by atoms with E-state index in [9.17, 15) is 18.3 Å². The molecule has 2 saturated carbocycles. The average Bonchev–Trinajstić information content (AvgIpc) is 3.53. The van der Waals surface area contributed by atoms with Gasteiger partial charge in [0.25, 0.3) is 0 Å². The Hall–Kier alpha value is -2.45. The minimum Gasteiger partial charge on any atom is -0.391 e. The molecule has 0 aliphatic heterocycles. The average molecular weight is 653 g/mol. The molecule has 3 atom stereocenters. The number of alkyl halides is 3. The lowest BCUT2D eigenvalue weighted by atomic mass is 9.76. The van der Waals surface area contributed by atoms with E-state index in [0.717, 1.165) is 68.0 Å². The van der Waals surface area contributed by atoms with Gasteiger partial charge in [-0.2, -0.15) is 13.2 Å². The van der Waals surface area contributed by atoms with Crippen LogP contribution < -0.4 is 5.73 Å². The summed E-state index contributed by atoms with van der Waals surface area (Å²) in [5, 5.41) is 11.7. The Labute approximate surface area is 237 Å². The number of halogens is 4. The van der Waals surface area contributed by atoms with Gasteiger partial charge in [0.15, 0.2) is 0 Å². The lowest BCUT2D eigenvalue weighted by molar-refractivity contribution is -0.138. The topological polar surface area (TPSA) is 109 Å². The van der Waals surface area contributed by atoms with Gasteiger partial charge in [-0.15, -0.1) is 0 Å². The van der Waals surface area contributed by atoms with Crippen LogP contribution in [0.3, 0.4) is 0 Å². The first-order valence-electron chi connectivity index (χ1n) is 13.3. The number of anilines is 1. The number of aromatic nitrogens is 5. The second-order valence-electron chi connectivity index (χ2n) is 11.2. The fourth-order valence-electron chi connectivity index (χ4n) is 6.41. The van der Waals surface area contributed by atoms with Crippen molar-refractivity contribution in [2.24, 2.45) is 11.8 Å². The van der Waals surface area contributed by atoms with E-state index in [2.05, 4.69) is 31.9 Å². The summed E-state index contributed by atoms with van der Waals surface area (Å²) in [7, 11) is 2.17. The molecule has 0 spiro atoms. The summed E-state index contributed by atoms with van der Waals surface area (Å²) in [4.78, 5) is 18.5. The number of nitrogens with two attached hydrogens (primary N) is 1. The fraction of sp³-hybridized carbons (Fsp3) is 0.519. The van der Waals surface area contributed by atoms with Crippen molar-refractivity contribution >= 4 is 50.5 Å². The minimum absolute atomic E-state index is 0.0244. The predicted molar refractivity (Wildman–Crippen MR) is 151 cm³/mol. The molecule has 6 rings (SSSR count). The zero-order valence-corrected chi connectivity index (χ0v) is 23.7. The van der Waals surface area contributed by atoms with Crippen LogP contribution >= 0.6 is 22.6 Å². The Morgan fingerprint density at radius 1 is 1.18 bits per heavy atom. The van der Waals surface area contributed by atoms with E-state index in [0.29, 0.717) is 34.7 Å². The number of nitrogens with zero attached hydrogens (tertiary/aromatic N) is 5. The molecule has 0 unspecified atom stereocenters. The van der Waals surface area contributed by atoms with Crippen LogP contribution in [0.5, 0.6) is 0 Å². The van der Waals surface area contributed by atoms with Crippen LogP contribution in [0.4, 0.5) is 19.0 Å². The number of aliphatic hydroxyl groups is 1. The molecule has 3 heterocycles. The number of benzene rings is 1. The van der Waals surface area contributed by atoms with Gasteiger partial charge in [0, 0.05) is 28.8 Å². The number of nitrogen functional groups attached to an aromatic ring is 1. The van der Waals surface area contributed by atoms with E-state index < -0.39 is 17.8 Å². The molecule has 12 heteroatoms. The largest absolute Gasteiger partial charge is 0.417 e. The summed E-state index contributed by atoms with van der Waals surface area (Å²) in [5.74, 6) is 2.17. The Kier molecular flexibility index (Phi) is 6.99. The lowest BCUT2D eigenvalue weighted by Gasteiger charge is -2.42. The highest BCUT2D eigenvalue weighted by Gasteiger charge is 2.38. The molecule has 4 N–H and O–H groups in total. The third kappa shape index (κ3) is 5.22. The monoisotopic (exact) mass is 653 g/mol. The lowest BCUT2D eigenvalue weighted by Crippen LogP contribution is -2.44.